The Bertz CT molecular complexity index is 430. The lowest BCUT2D eigenvalue weighted by molar-refractivity contribution is 0.0167. The summed E-state index contributed by atoms with van der Waals surface area (Å²) in [5.74, 6) is 1.24. The first-order chi connectivity index (χ1) is 9.49. The van der Waals surface area contributed by atoms with Gasteiger partial charge in [0, 0.05) is 15.9 Å². The lowest BCUT2D eigenvalue weighted by atomic mass is 10.1. The third-order valence-electron chi connectivity index (χ3n) is 2.60. The zero-order valence-corrected chi connectivity index (χ0v) is 14.3. The fraction of sp³-hybridized carbons (Fsp3) is 0.538. The third kappa shape index (κ3) is 5.18. The largest absolute Gasteiger partial charge is 0.493 e. The van der Waals surface area contributed by atoms with Crippen molar-refractivity contribution in [3.63, 3.8) is 0 Å². The number of benzene rings is 1. The van der Waals surface area contributed by atoms with E-state index in [1.165, 1.54) is 0 Å². The maximum Gasteiger partial charge on any atom is 0.261 e. The van der Waals surface area contributed by atoms with Gasteiger partial charge in [-0.1, -0.05) is 31.9 Å². The van der Waals surface area contributed by atoms with Crippen LogP contribution in [0.25, 0.3) is 0 Å². The molecule has 0 aliphatic rings. The number of ether oxygens (including phenoxy) is 3. The van der Waals surface area contributed by atoms with Crippen LogP contribution in [0, 0.1) is 0 Å². The highest BCUT2D eigenvalue weighted by molar-refractivity contribution is 9.11. The summed E-state index contributed by atoms with van der Waals surface area (Å²) in [6.07, 6.45) is -1.86. The number of rotatable bonds is 8. The molecule has 20 heavy (non-hydrogen) atoms. The standard InChI is InChI=1S/C13H16Br2F2O3/c1-18-11-5-8(10(15)6-12(11)19-2)9(14)3-4-20-7-13(16)17/h5-6,9,13H,3-4,7H2,1-2H3. The molecule has 0 bridgehead atoms. The first-order valence-corrected chi connectivity index (χ1v) is 7.61. The van der Waals surface area contributed by atoms with Crippen LogP contribution in [0.3, 0.4) is 0 Å². The smallest absolute Gasteiger partial charge is 0.261 e. The summed E-state index contributed by atoms with van der Waals surface area (Å²) < 4.78 is 40.1. The summed E-state index contributed by atoms with van der Waals surface area (Å²) in [6, 6.07) is 3.65. The summed E-state index contributed by atoms with van der Waals surface area (Å²) in [7, 11) is 3.12. The lowest BCUT2D eigenvalue weighted by Crippen LogP contribution is -2.07. The number of methoxy groups -OCH3 is 2. The molecule has 0 fully saturated rings. The predicted molar refractivity (Wildman–Crippen MR) is 80.4 cm³/mol. The molecule has 0 spiro atoms. The van der Waals surface area contributed by atoms with E-state index in [1.807, 2.05) is 12.1 Å². The minimum absolute atomic E-state index is 0.0330. The zero-order chi connectivity index (χ0) is 15.1. The van der Waals surface area contributed by atoms with Crippen LogP contribution in [-0.2, 0) is 4.74 Å². The van der Waals surface area contributed by atoms with E-state index in [2.05, 4.69) is 31.9 Å². The Hall–Kier alpha value is -0.400. The third-order valence-corrected chi connectivity index (χ3v) is 4.24. The fourth-order valence-corrected chi connectivity index (χ4v) is 3.10. The summed E-state index contributed by atoms with van der Waals surface area (Å²) >= 11 is 6.98. The van der Waals surface area contributed by atoms with E-state index in [0.717, 1.165) is 10.0 Å². The van der Waals surface area contributed by atoms with Gasteiger partial charge in [-0.05, 0) is 24.1 Å². The molecule has 0 radical (unpaired) electrons. The van der Waals surface area contributed by atoms with Gasteiger partial charge in [0.2, 0.25) is 0 Å². The van der Waals surface area contributed by atoms with Crippen LogP contribution in [-0.4, -0.2) is 33.9 Å². The highest BCUT2D eigenvalue weighted by Crippen LogP contribution is 2.39. The van der Waals surface area contributed by atoms with Gasteiger partial charge in [0.05, 0.1) is 14.2 Å². The molecule has 1 aromatic carbocycles. The highest BCUT2D eigenvalue weighted by Gasteiger charge is 2.16. The molecule has 0 aliphatic heterocycles. The summed E-state index contributed by atoms with van der Waals surface area (Å²) in [6.45, 7) is -0.284. The Balaban J connectivity index is 2.69. The van der Waals surface area contributed by atoms with Gasteiger partial charge in [0.1, 0.15) is 6.61 Å². The molecular formula is C13H16Br2F2O3. The van der Waals surface area contributed by atoms with Gasteiger partial charge in [-0.2, -0.15) is 0 Å². The van der Waals surface area contributed by atoms with Crippen molar-refractivity contribution in [2.24, 2.45) is 0 Å². The first-order valence-electron chi connectivity index (χ1n) is 5.91. The lowest BCUT2D eigenvalue weighted by Gasteiger charge is -2.16. The van der Waals surface area contributed by atoms with E-state index in [9.17, 15) is 8.78 Å². The second kappa shape index (κ2) is 8.79. The molecule has 0 saturated heterocycles. The monoisotopic (exact) mass is 416 g/mol. The molecule has 0 amide bonds. The van der Waals surface area contributed by atoms with E-state index in [0.29, 0.717) is 17.9 Å². The van der Waals surface area contributed by atoms with Crippen molar-refractivity contribution >= 4 is 31.9 Å². The fourth-order valence-electron chi connectivity index (χ4n) is 1.62. The summed E-state index contributed by atoms with van der Waals surface area (Å²) in [4.78, 5) is -0.0330. The second-order valence-electron chi connectivity index (χ2n) is 3.95. The molecule has 1 aromatic rings. The van der Waals surface area contributed by atoms with Crippen molar-refractivity contribution in [1.29, 1.82) is 0 Å². The molecular weight excluding hydrogens is 402 g/mol. The number of halogens is 4. The zero-order valence-electron chi connectivity index (χ0n) is 11.2. The first kappa shape index (κ1) is 17.7. The molecule has 114 valence electrons. The van der Waals surface area contributed by atoms with Crippen molar-refractivity contribution in [2.45, 2.75) is 17.7 Å². The van der Waals surface area contributed by atoms with E-state index in [-0.39, 0.29) is 11.4 Å². The SMILES string of the molecule is COc1cc(Br)c(C(Br)CCOCC(F)F)cc1OC. The molecule has 1 rings (SSSR count). The van der Waals surface area contributed by atoms with Gasteiger partial charge >= 0.3 is 0 Å². The Kier molecular flexibility index (Phi) is 7.76. The van der Waals surface area contributed by atoms with Gasteiger partial charge in [-0.3, -0.25) is 0 Å². The maximum atomic E-state index is 12.0. The van der Waals surface area contributed by atoms with Crippen molar-refractivity contribution < 1.29 is 23.0 Å². The summed E-state index contributed by atoms with van der Waals surface area (Å²) in [5, 5.41) is 0. The predicted octanol–water partition coefficient (Wildman–Crippen LogP) is 4.57. The quantitative estimate of drug-likeness (QED) is 0.458. The van der Waals surface area contributed by atoms with Crippen LogP contribution in [0.4, 0.5) is 8.78 Å². The van der Waals surface area contributed by atoms with Gasteiger partial charge in [-0.15, -0.1) is 0 Å². The van der Waals surface area contributed by atoms with Crippen LogP contribution in [0.5, 0.6) is 11.5 Å². The maximum absolute atomic E-state index is 12.0. The normalized spacial score (nSPS) is 12.6. The van der Waals surface area contributed by atoms with E-state index in [4.69, 9.17) is 14.2 Å². The van der Waals surface area contributed by atoms with Crippen LogP contribution >= 0.6 is 31.9 Å². The Labute approximate surface area is 133 Å². The molecule has 0 heterocycles. The molecule has 3 nitrogen and oxygen atoms in total. The van der Waals surface area contributed by atoms with E-state index < -0.39 is 13.0 Å². The van der Waals surface area contributed by atoms with Crippen molar-refractivity contribution in [1.82, 2.24) is 0 Å². The van der Waals surface area contributed by atoms with Gasteiger partial charge < -0.3 is 14.2 Å². The minimum Gasteiger partial charge on any atom is -0.493 e. The topological polar surface area (TPSA) is 27.7 Å². The average molecular weight is 418 g/mol. The van der Waals surface area contributed by atoms with Crippen molar-refractivity contribution in [3.05, 3.63) is 22.2 Å². The van der Waals surface area contributed by atoms with Crippen molar-refractivity contribution in [2.75, 3.05) is 27.4 Å². The van der Waals surface area contributed by atoms with Gasteiger partial charge in [0.15, 0.2) is 11.5 Å². The minimum atomic E-state index is -2.43. The van der Waals surface area contributed by atoms with E-state index >= 15 is 0 Å². The van der Waals surface area contributed by atoms with Gasteiger partial charge in [-0.25, -0.2) is 8.78 Å². The van der Waals surface area contributed by atoms with Crippen LogP contribution in [0.15, 0.2) is 16.6 Å². The Morgan fingerprint density at radius 2 is 1.75 bits per heavy atom. The molecule has 1 atom stereocenters. The number of alkyl halides is 3. The van der Waals surface area contributed by atoms with E-state index in [1.54, 1.807) is 14.2 Å². The summed E-state index contributed by atoms with van der Waals surface area (Å²) in [5.41, 5.74) is 0.947. The average Bonchev–Trinajstić information content (AvgIpc) is 2.42. The van der Waals surface area contributed by atoms with Crippen LogP contribution in [0.2, 0.25) is 0 Å². The Morgan fingerprint density at radius 3 is 2.30 bits per heavy atom. The van der Waals surface area contributed by atoms with Crippen LogP contribution < -0.4 is 9.47 Å². The van der Waals surface area contributed by atoms with Crippen LogP contribution in [0.1, 0.15) is 16.8 Å². The number of hydrogen-bond acceptors (Lipinski definition) is 3. The van der Waals surface area contributed by atoms with Gasteiger partial charge in [0.25, 0.3) is 6.43 Å². The highest BCUT2D eigenvalue weighted by atomic mass is 79.9. The molecule has 0 N–H and O–H groups in total. The molecule has 0 saturated carbocycles. The van der Waals surface area contributed by atoms with Crippen molar-refractivity contribution in [3.8, 4) is 11.5 Å². The number of hydrogen-bond donors (Lipinski definition) is 0. The molecule has 1 unspecified atom stereocenters. The molecule has 0 aliphatic carbocycles. The molecule has 7 heteroatoms. The Morgan fingerprint density at radius 1 is 1.15 bits per heavy atom. The molecule has 0 aromatic heterocycles. The second-order valence-corrected chi connectivity index (χ2v) is 5.91.